The maximum absolute atomic E-state index is 10.8. The van der Waals surface area contributed by atoms with E-state index in [1.807, 2.05) is 48.5 Å². The Labute approximate surface area is 130 Å². The summed E-state index contributed by atoms with van der Waals surface area (Å²) in [5, 5.41) is 10.8. The molecule has 0 aliphatic heterocycles. The third-order valence-electron chi connectivity index (χ3n) is 3.81. The van der Waals surface area contributed by atoms with Gasteiger partial charge in [0.05, 0.1) is 18.1 Å². The molecular formula is C18H20N2O2. The number of hydrogen-bond acceptors (Lipinski definition) is 3. The molecule has 1 atom stereocenters. The van der Waals surface area contributed by atoms with Crippen molar-refractivity contribution in [1.29, 1.82) is 0 Å². The fourth-order valence-electron chi connectivity index (χ4n) is 2.79. The molecule has 3 rings (SSSR count). The number of para-hydroxylation sites is 3. The molecule has 0 spiro atoms. The zero-order valence-electron chi connectivity index (χ0n) is 12.9. The third-order valence-corrected chi connectivity index (χ3v) is 3.81. The van der Waals surface area contributed by atoms with Crippen LogP contribution in [-0.2, 0) is 6.54 Å². The van der Waals surface area contributed by atoms with Crippen LogP contribution in [0.15, 0.2) is 48.5 Å². The van der Waals surface area contributed by atoms with Gasteiger partial charge in [0, 0.05) is 12.1 Å². The molecule has 22 heavy (non-hydrogen) atoms. The van der Waals surface area contributed by atoms with Crippen LogP contribution in [0, 0.1) is 0 Å². The van der Waals surface area contributed by atoms with Crippen molar-refractivity contribution in [2.45, 2.75) is 26.0 Å². The summed E-state index contributed by atoms with van der Waals surface area (Å²) >= 11 is 0. The number of aliphatic hydroxyl groups excluding tert-OH is 1. The van der Waals surface area contributed by atoms with E-state index in [0.29, 0.717) is 11.6 Å². The molecule has 0 aliphatic rings. The minimum absolute atomic E-state index is 0.660. The molecule has 0 bridgehead atoms. The molecule has 0 aliphatic carbocycles. The van der Waals surface area contributed by atoms with E-state index < -0.39 is 6.10 Å². The molecule has 3 aromatic rings. The average Bonchev–Trinajstić information content (AvgIpc) is 2.93. The fourth-order valence-corrected chi connectivity index (χ4v) is 2.79. The van der Waals surface area contributed by atoms with Crippen molar-refractivity contribution in [1.82, 2.24) is 9.55 Å². The highest BCUT2D eigenvalue weighted by molar-refractivity contribution is 5.76. The van der Waals surface area contributed by atoms with E-state index in [0.717, 1.165) is 29.6 Å². The predicted molar refractivity (Wildman–Crippen MR) is 87.1 cm³/mol. The number of nitrogens with zero attached hydrogens (tertiary/aromatic N) is 2. The van der Waals surface area contributed by atoms with Gasteiger partial charge in [-0.3, -0.25) is 0 Å². The Morgan fingerprint density at radius 3 is 2.64 bits per heavy atom. The fraction of sp³-hybridized carbons (Fsp3) is 0.278. The van der Waals surface area contributed by atoms with Crippen molar-refractivity contribution in [2.75, 3.05) is 7.11 Å². The van der Waals surface area contributed by atoms with E-state index in [4.69, 9.17) is 4.74 Å². The first-order valence-corrected chi connectivity index (χ1v) is 7.52. The number of aromatic nitrogens is 2. The van der Waals surface area contributed by atoms with Crippen LogP contribution in [-0.4, -0.2) is 21.8 Å². The van der Waals surface area contributed by atoms with Gasteiger partial charge in [-0.15, -0.1) is 0 Å². The molecule has 0 radical (unpaired) electrons. The van der Waals surface area contributed by atoms with E-state index in [1.54, 1.807) is 7.11 Å². The van der Waals surface area contributed by atoms with Gasteiger partial charge in [-0.1, -0.05) is 37.3 Å². The SMILES string of the molecule is CCCn1c([C@@H](O)c2ccccc2OC)nc2ccccc21. The molecule has 0 saturated heterocycles. The largest absolute Gasteiger partial charge is 0.496 e. The van der Waals surface area contributed by atoms with Gasteiger partial charge in [-0.2, -0.15) is 0 Å². The standard InChI is InChI=1S/C18H20N2O2/c1-3-12-20-15-10-6-5-9-14(15)19-18(20)17(21)13-8-4-7-11-16(13)22-2/h4-11,17,21H,3,12H2,1-2H3/t17-/m0/s1. The number of aryl methyl sites for hydroxylation is 1. The van der Waals surface area contributed by atoms with Crippen LogP contribution >= 0.6 is 0 Å². The lowest BCUT2D eigenvalue weighted by atomic mass is 10.1. The summed E-state index contributed by atoms with van der Waals surface area (Å²) in [7, 11) is 1.61. The molecule has 0 saturated carbocycles. The van der Waals surface area contributed by atoms with E-state index >= 15 is 0 Å². The van der Waals surface area contributed by atoms with Crippen molar-refractivity contribution < 1.29 is 9.84 Å². The van der Waals surface area contributed by atoms with Gasteiger partial charge in [-0.05, 0) is 24.6 Å². The van der Waals surface area contributed by atoms with Crippen LogP contribution in [0.5, 0.6) is 5.75 Å². The Kier molecular flexibility index (Phi) is 4.11. The Balaban J connectivity index is 2.14. The lowest BCUT2D eigenvalue weighted by molar-refractivity contribution is 0.200. The maximum atomic E-state index is 10.8. The van der Waals surface area contributed by atoms with Crippen molar-refractivity contribution in [3.05, 3.63) is 59.9 Å². The monoisotopic (exact) mass is 296 g/mol. The van der Waals surface area contributed by atoms with Crippen LogP contribution in [0.3, 0.4) is 0 Å². The normalized spacial score (nSPS) is 12.5. The van der Waals surface area contributed by atoms with Gasteiger partial charge in [0.25, 0.3) is 0 Å². The highest BCUT2D eigenvalue weighted by Gasteiger charge is 2.21. The average molecular weight is 296 g/mol. The summed E-state index contributed by atoms with van der Waals surface area (Å²) in [5.41, 5.74) is 2.69. The van der Waals surface area contributed by atoms with E-state index in [-0.39, 0.29) is 0 Å². The number of rotatable bonds is 5. The Hall–Kier alpha value is -2.33. The Morgan fingerprint density at radius 1 is 1.14 bits per heavy atom. The second kappa shape index (κ2) is 6.20. The zero-order valence-corrected chi connectivity index (χ0v) is 12.9. The first kappa shape index (κ1) is 14.6. The van der Waals surface area contributed by atoms with Crippen LogP contribution in [0.1, 0.15) is 30.8 Å². The van der Waals surface area contributed by atoms with Crippen LogP contribution in [0.2, 0.25) is 0 Å². The molecule has 1 N–H and O–H groups in total. The number of ether oxygens (including phenoxy) is 1. The second-order valence-corrected chi connectivity index (χ2v) is 5.25. The van der Waals surface area contributed by atoms with Gasteiger partial charge in [0.15, 0.2) is 0 Å². The van der Waals surface area contributed by atoms with Crippen LogP contribution in [0.25, 0.3) is 11.0 Å². The summed E-state index contributed by atoms with van der Waals surface area (Å²) in [6, 6.07) is 15.5. The predicted octanol–water partition coefficient (Wildman–Crippen LogP) is 3.54. The highest BCUT2D eigenvalue weighted by atomic mass is 16.5. The smallest absolute Gasteiger partial charge is 0.143 e. The molecule has 114 valence electrons. The highest BCUT2D eigenvalue weighted by Crippen LogP contribution is 2.31. The Bertz CT molecular complexity index is 780. The number of hydrogen-bond donors (Lipinski definition) is 1. The molecule has 2 aromatic carbocycles. The van der Waals surface area contributed by atoms with Crippen LogP contribution in [0.4, 0.5) is 0 Å². The molecule has 0 unspecified atom stereocenters. The number of fused-ring (bicyclic) bond motifs is 1. The number of aliphatic hydroxyl groups is 1. The Morgan fingerprint density at radius 2 is 1.86 bits per heavy atom. The van der Waals surface area contributed by atoms with Gasteiger partial charge in [0.1, 0.15) is 17.7 Å². The van der Waals surface area contributed by atoms with Crippen molar-refractivity contribution in [3.8, 4) is 5.75 Å². The second-order valence-electron chi connectivity index (χ2n) is 5.25. The molecule has 1 aromatic heterocycles. The van der Waals surface area contributed by atoms with Gasteiger partial charge < -0.3 is 14.4 Å². The van der Waals surface area contributed by atoms with E-state index in [1.165, 1.54) is 0 Å². The van der Waals surface area contributed by atoms with Crippen molar-refractivity contribution in [3.63, 3.8) is 0 Å². The van der Waals surface area contributed by atoms with E-state index in [9.17, 15) is 5.11 Å². The minimum Gasteiger partial charge on any atom is -0.496 e. The number of methoxy groups -OCH3 is 1. The zero-order chi connectivity index (χ0) is 15.5. The van der Waals surface area contributed by atoms with Gasteiger partial charge in [0.2, 0.25) is 0 Å². The topological polar surface area (TPSA) is 47.3 Å². The molecule has 0 amide bonds. The van der Waals surface area contributed by atoms with E-state index in [2.05, 4.69) is 16.5 Å². The summed E-state index contributed by atoms with van der Waals surface area (Å²) in [6.07, 6.45) is 0.168. The minimum atomic E-state index is -0.810. The first-order chi connectivity index (χ1) is 10.8. The molecule has 4 nitrogen and oxygen atoms in total. The first-order valence-electron chi connectivity index (χ1n) is 7.52. The van der Waals surface area contributed by atoms with Crippen LogP contribution < -0.4 is 4.74 Å². The van der Waals surface area contributed by atoms with Gasteiger partial charge in [-0.25, -0.2) is 4.98 Å². The number of imidazole rings is 1. The molecule has 4 heteroatoms. The quantitative estimate of drug-likeness (QED) is 0.783. The van der Waals surface area contributed by atoms with Gasteiger partial charge >= 0.3 is 0 Å². The van der Waals surface area contributed by atoms with Crippen molar-refractivity contribution >= 4 is 11.0 Å². The molecular weight excluding hydrogens is 276 g/mol. The lowest BCUT2D eigenvalue weighted by Crippen LogP contribution is -2.11. The van der Waals surface area contributed by atoms with Crippen molar-refractivity contribution in [2.24, 2.45) is 0 Å². The summed E-state index contributed by atoms with van der Waals surface area (Å²) in [5.74, 6) is 1.33. The molecule has 0 fully saturated rings. The third kappa shape index (κ3) is 2.46. The molecule has 1 heterocycles. The lowest BCUT2D eigenvalue weighted by Gasteiger charge is -2.16. The summed E-state index contributed by atoms with van der Waals surface area (Å²) in [6.45, 7) is 2.94. The maximum Gasteiger partial charge on any atom is 0.143 e. The summed E-state index contributed by atoms with van der Waals surface area (Å²) < 4.78 is 7.45. The number of benzene rings is 2. The summed E-state index contributed by atoms with van der Waals surface area (Å²) in [4.78, 5) is 4.64.